The zero-order valence-electron chi connectivity index (χ0n) is 14.5. The molecule has 146 valence electrons. The minimum atomic E-state index is -4.53. The number of fused-ring (bicyclic) bond motifs is 1. The molecule has 4 rings (SSSR count). The second-order valence-electron chi connectivity index (χ2n) is 6.29. The monoisotopic (exact) mass is 392 g/mol. The molecule has 1 aromatic carbocycles. The van der Waals surface area contributed by atoms with Gasteiger partial charge in [-0.05, 0) is 29.8 Å². The van der Waals surface area contributed by atoms with Crippen LogP contribution in [0.3, 0.4) is 0 Å². The second-order valence-corrected chi connectivity index (χ2v) is 6.29. The number of alkyl halides is 3. The third-order valence-electron chi connectivity index (χ3n) is 4.28. The number of hydrogen-bond acceptors (Lipinski definition) is 5. The first-order valence-electron chi connectivity index (χ1n) is 8.46. The van der Waals surface area contributed by atoms with Crippen molar-refractivity contribution in [2.75, 3.05) is 19.9 Å². The van der Waals surface area contributed by atoms with Gasteiger partial charge in [0, 0.05) is 12.1 Å². The summed E-state index contributed by atoms with van der Waals surface area (Å²) in [5.74, 6) is 0.965. The Morgan fingerprint density at radius 2 is 1.96 bits per heavy atom. The maximum Gasteiger partial charge on any atom is 0.433 e. The maximum atomic E-state index is 12.7. The first kappa shape index (κ1) is 18.1. The Morgan fingerprint density at radius 1 is 1.18 bits per heavy atom. The van der Waals surface area contributed by atoms with Crippen molar-refractivity contribution < 1.29 is 32.2 Å². The molecule has 0 radical (unpaired) electrons. The molecule has 2 aliphatic heterocycles. The van der Waals surface area contributed by atoms with Gasteiger partial charge in [-0.2, -0.15) is 13.2 Å². The second kappa shape index (κ2) is 7.06. The van der Waals surface area contributed by atoms with Crippen LogP contribution in [0.15, 0.2) is 42.5 Å². The van der Waals surface area contributed by atoms with E-state index >= 15 is 0 Å². The summed E-state index contributed by atoms with van der Waals surface area (Å²) in [6.45, 7) is 0.738. The van der Waals surface area contributed by atoms with Gasteiger partial charge in [0.05, 0.1) is 13.1 Å². The molecule has 0 bridgehead atoms. The summed E-state index contributed by atoms with van der Waals surface area (Å²) < 4.78 is 54.0. The predicted molar refractivity (Wildman–Crippen MR) is 91.8 cm³/mol. The Kier molecular flexibility index (Phi) is 4.58. The highest BCUT2D eigenvalue weighted by atomic mass is 19.4. The first-order chi connectivity index (χ1) is 13.4. The highest BCUT2D eigenvalue weighted by molar-refractivity contribution is 5.92. The van der Waals surface area contributed by atoms with Gasteiger partial charge in [0.1, 0.15) is 11.8 Å². The van der Waals surface area contributed by atoms with Crippen LogP contribution in [0.4, 0.5) is 13.2 Å². The van der Waals surface area contributed by atoms with E-state index in [4.69, 9.17) is 14.2 Å². The van der Waals surface area contributed by atoms with Crippen molar-refractivity contribution in [2.24, 2.45) is 0 Å². The normalized spacial score (nSPS) is 16.3. The molecule has 1 amide bonds. The third-order valence-corrected chi connectivity index (χ3v) is 4.28. The molecule has 6 nitrogen and oxygen atoms in total. The van der Waals surface area contributed by atoms with Gasteiger partial charge in [-0.25, -0.2) is 4.98 Å². The van der Waals surface area contributed by atoms with E-state index in [2.05, 4.69) is 4.98 Å². The molecule has 0 N–H and O–H groups in total. The van der Waals surface area contributed by atoms with Crippen molar-refractivity contribution in [3.05, 3.63) is 53.7 Å². The maximum absolute atomic E-state index is 12.7. The van der Waals surface area contributed by atoms with Crippen LogP contribution >= 0.6 is 0 Å². The summed E-state index contributed by atoms with van der Waals surface area (Å²) in [6, 6.07) is 8.82. The molecule has 0 atom stereocenters. The number of likely N-dealkylation sites (tertiary alicyclic amines) is 1. The zero-order valence-corrected chi connectivity index (χ0v) is 14.5. The van der Waals surface area contributed by atoms with E-state index in [9.17, 15) is 18.0 Å². The van der Waals surface area contributed by atoms with E-state index in [1.165, 1.54) is 23.1 Å². The number of hydrogen-bond donors (Lipinski definition) is 0. The number of pyridine rings is 1. The number of aromatic nitrogens is 1. The summed E-state index contributed by atoms with van der Waals surface area (Å²) in [6.07, 6.45) is -1.83. The fourth-order valence-electron chi connectivity index (χ4n) is 2.79. The average molecular weight is 392 g/mol. The van der Waals surface area contributed by atoms with Crippen molar-refractivity contribution in [3.8, 4) is 17.4 Å². The fraction of sp³-hybridized carbons (Fsp3) is 0.263. The molecule has 1 saturated heterocycles. The van der Waals surface area contributed by atoms with Gasteiger partial charge in [-0.1, -0.05) is 12.1 Å². The van der Waals surface area contributed by atoms with Gasteiger partial charge in [-0.3, -0.25) is 4.79 Å². The number of nitrogens with zero attached hydrogens (tertiary/aromatic N) is 2. The number of carbonyl (C=O) groups is 1. The molecule has 1 fully saturated rings. The Hall–Kier alpha value is -3.23. The summed E-state index contributed by atoms with van der Waals surface area (Å²) in [4.78, 5) is 17.2. The Labute approximate surface area is 158 Å². The molecule has 9 heteroatoms. The van der Waals surface area contributed by atoms with Crippen molar-refractivity contribution in [1.29, 1.82) is 0 Å². The lowest BCUT2D eigenvalue weighted by atomic mass is 10.1. The number of benzene rings is 1. The summed E-state index contributed by atoms with van der Waals surface area (Å²) in [5, 5.41) is 0. The molecule has 2 aliphatic rings. The predicted octanol–water partition coefficient (Wildman–Crippen LogP) is 3.13. The molecule has 0 saturated carbocycles. The Bertz CT molecular complexity index is 924. The molecule has 28 heavy (non-hydrogen) atoms. The SMILES string of the molecule is O=C(/C=C/c1ccc2c(c1)OCO2)N1CC(Oc2cccc(C(F)(F)F)n2)C1. The van der Waals surface area contributed by atoms with Crippen LogP contribution in [0.1, 0.15) is 11.3 Å². The number of halogens is 3. The van der Waals surface area contributed by atoms with Gasteiger partial charge in [-0.15, -0.1) is 0 Å². The topological polar surface area (TPSA) is 60.9 Å². The molecule has 3 heterocycles. The van der Waals surface area contributed by atoms with E-state index in [0.717, 1.165) is 11.6 Å². The third kappa shape index (κ3) is 3.88. The van der Waals surface area contributed by atoms with Crippen LogP contribution in [-0.2, 0) is 11.0 Å². The van der Waals surface area contributed by atoms with Crippen LogP contribution in [0.25, 0.3) is 6.08 Å². The molecule has 0 unspecified atom stereocenters. The van der Waals surface area contributed by atoms with E-state index in [0.29, 0.717) is 11.5 Å². The van der Waals surface area contributed by atoms with Crippen LogP contribution in [-0.4, -0.2) is 41.8 Å². The Balaban J connectivity index is 1.30. The first-order valence-corrected chi connectivity index (χ1v) is 8.46. The highest BCUT2D eigenvalue weighted by Gasteiger charge is 2.34. The summed E-state index contributed by atoms with van der Waals surface area (Å²) >= 11 is 0. The van der Waals surface area contributed by atoms with E-state index in [1.807, 2.05) is 0 Å². The van der Waals surface area contributed by atoms with Crippen molar-refractivity contribution in [2.45, 2.75) is 12.3 Å². The molecule has 2 aromatic rings. The lowest BCUT2D eigenvalue weighted by Gasteiger charge is -2.38. The lowest BCUT2D eigenvalue weighted by Crippen LogP contribution is -2.55. The van der Waals surface area contributed by atoms with Gasteiger partial charge in [0.2, 0.25) is 18.6 Å². The number of carbonyl (C=O) groups excluding carboxylic acids is 1. The van der Waals surface area contributed by atoms with Gasteiger partial charge in [0.15, 0.2) is 11.5 Å². The van der Waals surface area contributed by atoms with E-state index in [1.54, 1.807) is 24.3 Å². The van der Waals surface area contributed by atoms with Gasteiger partial charge >= 0.3 is 6.18 Å². The number of amides is 1. The lowest BCUT2D eigenvalue weighted by molar-refractivity contribution is -0.141. The minimum Gasteiger partial charge on any atom is -0.471 e. The number of rotatable bonds is 4. The van der Waals surface area contributed by atoms with Gasteiger partial charge < -0.3 is 19.1 Å². The molecular weight excluding hydrogens is 377 g/mol. The van der Waals surface area contributed by atoms with Crippen LogP contribution < -0.4 is 14.2 Å². The Morgan fingerprint density at radius 3 is 2.75 bits per heavy atom. The zero-order chi connectivity index (χ0) is 19.7. The summed E-state index contributed by atoms with van der Waals surface area (Å²) in [7, 11) is 0. The fourth-order valence-corrected chi connectivity index (χ4v) is 2.79. The largest absolute Gasteiger partial charge is 0.471 e. The van der Waals surface area contributed by atoms with E-state index in [-0.39, 0.29) is 37.8 Å². The van der Waals surface area contributed by atoms with E-state index < -0.39 is 11.9 Å². The van der Waals surface area contributed by atoms with Crippen LogP contribution in [0, 0.1) is 0 Å². The van der Waals surface area contributed by atoms with Crippen molar-refractivity contribution in [3.63, 3.8) is 0 Å². The smallest absolute Gasteiger partial charge is 0.433 e. The molecular formula is C19H15F3N2O4. The number of ether oxygens (including phenoxy) is 3. The summed E-state index contributed by atoms with van der Waals surface area (Å²) in [5.41, 5.74) is -0.219. The molecule has 1 aromatic heterocycles. The van der Waals surface area contributed by atoms with Crippen LogP contribution in [0.2, 0.25) is 0 Å². The highest BCUT2D eigenvalue weighted by Crippen LogP contribution is 2.33. The van der Waals surface area contributed by atoms with Crippen LogP contribution in [0.5, 0.6) is 17.4 Å². The average Bonchev–Trinajstić information content (AvgIpc) is 3.09. The molecule has 0 aliphatic carbocycles. The molecule has 0 spiro atoms. The standard InChI is InChI=1S/C19H15F3N2O4/c20-19(21,22)16-2-1-3-17(23-16)28-13-9-24(10-13)18(25)7-5-12-4-6-14-15(8-12)27-11-26-14/h1-8,13H,9-11H2/b7-5+. The minimum absolute atomic E-state index is 0.108. The van der Waals surface area contributed by atoms with Gasteiger partial charge in [0.25, 0.3) is 0 Å². The quantitative estimate of drug-likeness (QED) is 0.749. The van der Waals surface area contributed by atoms with Crippen molar-refractivity contribution in [1.82, 2.24) is 9.88 Å². The van der Waals surface area contributed by atoms with Crippen molar-refractivity contribution >= 4 is 12.0 Å².